The molecule has 1 atom stereocenters. The van der Waals surface area contributed by atoms with Gasteiger partial charge >= 0.3 is 6.18 Å². The second kappa shape index (κ2) is 8.09. The van der Waals surface area contributed by atoms with Crippen molar-refractivity contribution in [2.75, 3.05) is 13.2 Å². The van der Waals surface area contributed by atoms with Crippen molar-refractivity contribution in [1.82, 2.24) is 14.5 Å². The molecule has 1 N–H and O–H groups in total. The summed E-state index contributed by atoms with van der Waals surface area (Å²) in [5.74, 6) is 0.513. The molecular weight excluding hydrogens is 347 g/mol. The number of halogens is 3. The maximum absolute atomic E-state index is 12.7. The van der Waals surface area contributed by atoms with E-state index < -0.39 is 12.7 Å². The molecule has 3 rings (SSSR count). The van der Waals surface area contributed by atoms with Crippen LogP contribution in [-0.2, 0) is 24.4 Å². The predicted octanol–water partition coefficient (Wildman–Crippen LogP) is 3.33. The molecular formula is C18H22F3N3O2. The molecule has 1 aromatic carbocycles. The minimum atomic E-state index is -4.30. The largest absolute Gasteiger partial charge is 0.508 e. The van der Waals surface area contributed by atoms with Crippen LogP contribution >= 0.6 is 0 Å². The molecule has 8 heteroatoms. The van der Waals surface area contributed by atoms with Crippen molar-refractivity contribution in [2.45, 2.75) is 44.8 Å². The van der Waals surface area contributed by atoms with Gasteiger partial charge in [0.1, 0.15) is 18.1 Å². The van der Waals surface area contributed by atoms with Crippen LogP contribution in [0.4, 0.5) is 13.2 Å². The number of para-hydroxylation sites is 1. The number of nitrogens with zero attached hydrogens (tertiary/aromatic N) is 3. The van der Waals surface area contributed by atoms with Gasteiger partial charge in [-0.2, -0.15) is 13.2 Å². The zero-order valence-electron chi connectivity index (χ0n) is 14.3. The second-order valence-electron chi connectivity index (χ2n) is 6.52. The standard InChI is InChI=1S/C18H22F3N3O2/c19-18(20,21)13-24-8-7-22-17(24)12-23(11-15-5-3-9-26-15)10-14-4-1-2-6-16(14)25/h1-2,4,6-8,15,25H,3,5,9-13H2. The molecule has 0 spiro atoms. The first-order chi connectivity index (χ1) is 12.4. The summed E-state index contributed by atoms with van der Waals surface area (Å²) in [7, 11) is 0. The molecule has 2 aromatic rings. The van der Waals surface area contributed by atoms with Crippen molar-refractivity contribution in [1.29, 1.82) is 0 Å². The number of aromatic nitrogens is 2. The van der Waals surface area contributed by atoms with Crippen LogP contribution < -0.4 is 0 Å². The third-order valence-electron chi connectivity index (χ3n) is 4.39. The van der Waals surface area contributed by atoms with Crippen molar-refractivity contribution < 1.29 is 23.0 Å². The van der Waals surface area contributed by atoms with Crippen molar-refractivity contribution in [3.05, 3.63) is 48.0 Å². The number of aromatic hydroxyl groups is 1. The van der Waals surface area contributed by atoms with E-state index in [9.17, 15) is 18.3 Å². The Hall–Kier alpha value is -2.06. The molecule has 1 fully saturated rings. The lowest BCUT2D eigenvalue weighted by Gasteiger charge is -2.25. The summed E-state index contributed by atoms with van der Waals surface area (Å²) in [6.07, 6.45) is 0.378. The summed E-state index contributed by atoms with van der Waals surface area (Å²) in [5.41, 5.74) is 0.722. The van der Waals surface area contributed by atoms with Gasteiger partial charge in [0.25, 0.3) is 0 Å². The number of hydrogen-bond donors (Lipinski definition) is 1. The zero-order valence-corrected chi connectivity index (χ0v) is 14.3. The Bertz CT molecular complexity index is 712. The molecule has 1 aliphatic heterocycles. The number of rotatable bonds is 7. The predicted molar refractivity (Wildman–Crippen MR) is 89.5 cm³/mol. The number of imidazole rings is 1. The second-order valence-corrected chi connectivity index (χ2v) is 6.52. The molecule has 26 heavy (non-hydrogen) atoms. The van der Waals surface area contributed by atoms with E-state index in [1.807, 2.05) is 11.0 Å². The Morgan fingerprint density at radius 2 is 2.08 bits per heavy atom. The van der Waals surface area contributed by atoms with Gasteiger partial charge in [0.15, 0.2) is 0 Å². The molecule has 1 saturated heterocycles. The van der Waals surface area contributed by atoms with E-state index in [4.69, 9.17) is 4.74 Å². The number of ether oxygens (including phenoxy) is 1. The first-order valence-electron chi connectivity index (χ1n) is 8.58. The summed E-state index contributed by atoms with van der Waals surface area (Å²) < 4.78 is 45.0. The Labute approximate surface area is 150 Å². The topological polar surface area (TPSA) is 50.5 Å². The Morgan fingerprint density at radius 1 is 1.27 bits per heavy atom. The average Bonchev–Trinajstić information content (AvgIpc) is 3.21. The Morgan fingerprint density at radius 3 is 2.77 bits per heavy atom. The van der Waals surface area contributed by atoms with Gasteiger partial charge in [-0.15, -0.1) is 0 Å². The molecule has 0 aliphatic carbocycles. The quantitative estimate of drug-likeness (QED) is 0.813. The smallest absolute Gasteiger partial charge is 0.406 e. The van der Waals surface area contributed by atoms with Crippen molar-refractivity contribution in [3.8, 4) is 5.75 Å². The molecule has 5 nitrogen and oxygen atoms in total. The van der Waals surface area contributed by atoms with Crippen molar-refractivity contribution in [2.24, 2.45) is 0 Å². The minimum absolute atomic E-state index is 0.0480. The van der Waals surface area contributed by atoms with E-state index in [1.165, 1.54) is 12.4 Å². The molecule has 0 radical (unpaired) electrons. The zero-order chi connectivity index (χ0) is 18.6. The number of phenolic OH excluding ortho intramolecular Hbond substituents is 1. The summed E-state index contributed by atoms with van der Waals surface area (Å²) in [5, 5.41) is 10.0. The van der Waals surface area contributed by atoms with Crippen LogP contribution in [0.1, 0.15) is 24.2 Å². The summed E-state index contributed by atoms with van der Waals surface area (Å²) in [6.45, 7) is 0.875. The molecule has 0 amide bonds. The Kier molecular flexibility index (Phi) is 5.83. The van der Waals surface area contributed by atoms with Crippen LogP contribution in [0.2, 0.25) is 0 Å². The van der Waals surface area contributed by atoms with Crippen LogP contribution in [0.15, 0.2) is 36.7 Å². The van der Waals surface area contributed by atoms with Gasteiger partial charge in [-0.05, 0) is 18.9 Å². The highest BCUT2D eigenvalue weighted by Crippen LogP contribution is 2.23. The minimum Gasteiger partial charge on any atom is -0.508 e. The number of hydrogen-bond acceptors (Lipinski definition) is 4. The van der Waals surface area contributed by atoms with Crippen LogP contribution in [0.5, 0.6) is 5.75 Å². The van der Waals surface area contributed by atoms with Crippen LogP contribution in [0, 0.1) is 0 Å². The lowest BCUT2D eigenvalue weighted by Crippen LogP contribution is -2.33. The van der Waals surface area contributed by atoms with Gasteiger partial charge in [-0.25, -0.2) is 4.98 Å². The van der Waals surface area contributed by atoms with Gasteiger partial charge in [0.2, 0.25) is 0 Å². The van der Waals surface area contributed by atoms with Crippen LogP contribution in [0.3, 0.4) is 0 Å². The highest BCUT2D eigenvalue weighted by Gasteiger charge is 2.29. The Balaban J connectivity index is 1.75. The molecule has 142 valence electrons. The molecule has 1 aliphatic rings. The average molecular weight is 369 g/mol. The molecule has 2 heterocycles. The van der Waals surface area contributed by atoms with Crippen LogP contribution in [-0.4, -0.2) is 45.0 Å². The van der Waals surface area contributed by atoms with E-state index in [1.54, 1.807) is 18.2 Å². The maximum atomic E-state index is 12.7. The fourth-order valence-electron chi connectivity index (χ4n) is 3.18. The lowest BCUT2D eigenvalue weighted by molar-refractivity contribution is -0.141. The third-order valence-corrected chi connectivity index (χ3v) is 4.39. The van der Waals surface area contributed by atoms with E-state index >= 15 is 0 Å². The van der Waals surface area contributed by atoms with Gasteiger partial charge in [-0.3, -0.25) is 4.90 Å². The number of alkyl halides is 3. The SMILES string of the molecule is Oc1ccccc1CN(Cc1nccn1CC(F)(F)F)CC1CCCO1. The molecule has 0 bridgehead atoms. The highest BCUT2D eigenvalue weighted by molar-refractivity contribution is 5.31. The summed E-state index contributed by atoms with van der Waals surface area (Å²) in [6, 6.07) is 6.97. The normalized spacial score (nSPS) is 17.9. The third kappa shape index (κ3) is 5.22. The van der Waals surface area contributed by atoms with E-state index in [0.29, 0.717) is 25.5 Å². The van der Waals surface area contributed by atoms with Crippen molar-refractivity contribution in [3.63, 3.8) is 0 Å². The van der Waals surface area contributed by atoms with Gasteiger partial charge in [0.05, 0.1) is 12.6 Å². The fourth-order valence-corrected chi connectivity index (χ4v) is 3.18. The van der Waals surface area contributed by atoms with Crippen molar-refractivity contribution >= 4 is 0 Å². The number of benzene rings is 1. The highest BCUT2D eigenvalue weighted by atomic mass is 19.4. The summed E-state index contributed by atoms with van der Waals surface area (Å²) >= 11 is 0. The first-order valence-corrected chi connectivity index (χ1v) is 8.58. The van der Waals surface area contributed by atoms with Crippen LogP contribution in [0.25, 0.3) is 0 Å². The number of phenols is 1. The monoisotopic (exact) mass is 369 g/mol. The first kappa shape index (κ1) is 18.7. The molecule has 1 aromatic heterocycles. The van der Waals surface area contributed by atoms with E-state index in [0.717, 1.165) is 23.0 Å². The fraction of sp³-hybridized carbons (Fsp3) is 0.500. The maximum Gasteiger partial charge on any atom is 0.406 e. The van der Waals surface area contributed by atoms with Gasteiger partial charge in [-0.1, -0.05) is 18.2 Å². The molecule has 0 saturated carbocycles. The van der Waals surface area contributed by atoms with Gasteiger partial charge in [0, 0.05) is 37.7 Å². The molecule has 1 unspecified atom stereocenters. The lowest BCUT2D eigenvalue weighted by atomic mass is 10.1. The van der Waals surface area contributed by atoms with Gasteiger partial charge < -0.3 is 14.4 Å². The van der Waals surface area contributed by atoms with E-state index in [-0.39, 0.29) is 18.4 Å². The summed E-state index contributed by atoms with van der Waals surface area (Å²) in [4.78, 5) is 6.07. The van der Waals surface area contributed by atoms with E-state index in [2.05, 4.69) is 4.98 Å².